The quantitative estimate of drug-likeness (QED) is 0.808. The highest BCUT2D eigenvalue weighted by Crippen LogP contribution is 2.31. The number of fused-ring (bicyclic) bond motifs is 1. The third-order valence-electron chi connectivity index (χ3n) is 4.10. The van der Waals surface area contributed by atoms with E-state index in [4.69, 9.17) is 0 Å². The fourth-order valence-electron chi connectivity index (χ4n) is 2.94. The predicted molar refractivity (Wildman–Crippen MR) is 89.8 cm³/mol. The molecule has 1 aliphatic rings. The molecule has 1 aliphatic heterocycles. The maximum absolute atomic E-state index is 11.9. The van der Waals surface area contributed by atoms with Gasteiger partial charge in [0.25, 0.3) is 5.95 Å². The third-order valence-corrected chi connectivity index (χ3v) is 4.10. The molecule has 0 radical (unpaired) electrons. The molecule has 3 rings (SSSR count). The van der Waals surface area contributed by atoms with Crippen LogP contribution < -0.4 is 15.7 Å². The zero-order valence-electron chi connectivity index (χ0n) is 13.9. The summed E-state index contributed by atoms with van der Waals surface area (Å²) in [6.45, 7) is 2.08. The van der Waals surface area contributed by atoms with E-state index in [1.807, 2.05) is 30.3 Å². The van der Waals surface area contributed by atoms with Crippen LogP contribution in [0, 0.1) is 0 Å². The number of carbonyl (C=O) groups is 2. The molecular formula is C17H20N5O3-. The van der Waals surface area contributed by atoms with Crippen molar-refractivity contribution < 1.29 is 14.7 Å². The van der Waals surface area contributed by atoms with Crippen LogP contribution >= 0.6 is 0 Å². The van der Waals surface area contributed by atoms with E-state index in [0.29, 0.717) is 5.95 Å². The summed E-state index contributed by atoms with van der Waals surface area (Å²) in [7, 11) is 0. The van der Waals surface area contributed by atoms with E-state index in [0.717, 1.165) is 12.0 Å². The Bertz CT molecular complexity index is 759. The Kier molecular flexibility index (Phi) is 4.97. The molecule has 25 heavy (non-hydrogen) atoms. The van der Waals surface area contributed by atoms with Crippen LogP contribution in [0.3, 0.4) is 0 Å². The summed E-state index contributed by atoms with van der Waals surface area (Å²) in [5, 5.41) is 20.7. The summed E-state index contributed by atoms with van der Waals surface area (Å²) in [5.74, 6) is -0.644. The molecule has 2 N–H and O–H groups in total. The van der Waals surface area contributed by atoms with Crippen LogP contribution in [0.5, 0.6) is 0 Å². The van der Waals surface area contributed by atoms with E-state index in [9.17, 15) is 14.7 Å². The van der Waals surface area contributed by atoms with Crippen LogP contribution in [0.4, 0.5) is 11.9 Å². The van der Waals surface area contributed by atoms with Crippen molar-refractivity contribution in [3.63, 3.8) is 0 Å². The summed E-state index contributed by atoms with van der Waals surface area (Å²) in [6, 6.07) is 10.3. The van der Waals surface area contributed by atoms with Crippen LogP contribution in [0.15, 0.2) is 30.3 Å². The number of carboxylic acids is 1. The van der Waals surface area contributed by atoms with E-state index in [1.165, 1.54) is 0 Å². The zero-order valence-corrected chi connectivity index (χ0v) is 13.9. The average molecular weight is 342 g/mol. The van der Waals surface area contributed by atoms with Gasteiger partial charge in [0.15, 0.2) is 0 Å². The van der Waals surface area contributed by atoms with Gasteiger partial charge in [0.2, 0.25) is 11.9 Å². The Morgan fingerprint density at radius 1 is 1.32 bits per heavy atom. The molecule has 132 valence electrons. The summed E-state index contributed by atoms with van der Waals surface area (Å²) in [6.07, 6.45) is 1.03. The van der Waals surface area contributed by atoms with E-state index < -0.39 is 5.97 Å². The first-order valence-electron chi connectivity index (χ1n) is 8.30. The van der Waals surface area contributed by atoms with Crippen LogP contribution in [0.25, 0.3) is 0 Å². The largest absolute Gasteiger partial charge is 0.550 e. The number of carboxylic acid groups (broad SMARTS) is 1. The molecular weight excluding hydrogens is 322 g/mol. The number of nitrogens with zero attached hydrogens (tertiary/aromatic N) is 3. The van der Waals surface area contributed by atoms with Gasteiger partial charge in [0.05, 0.1) is 6.04 Å². The minimum Gasteiger partial charge on any atom is -0.550 e. The molecule has 0 spiro atoms. The Labute approximate surface area is 145 Å². The molecule has 8 nitrogen and oxygen atoms in total. The van der Waals surface area contributed by atoms with E-state index in [2.05, 4.69) is 27.6 Å². The van der Waals surface area contributed by atoms with E-state index in [1.54, 1.807) is 4.68 Å². The van der Waals surface area contributed by atoms with Crippen molar-refractivity contribution in [1.82, 2.24) is 14.8 Å². The van der Waals surface area contributed by atoms with Crippen molar-refractivity contribution in [2.75, 3.05) is 10.6 Å². The van der Waals surface area contributed by atoms with Gasteiger partial charge in [0, 0.05) is 18.4 Å². The van der Waals surface area contributed by atoms with E-state index in [-0.39, 0.29) is 43.2 Å². The molecule has 8 heteroatoms. The van der Waals surface area contributed by atoms with Gasteiger partial charge in [0.1, 0.15) is 0 Å². The number of aromatic nitrogens is 3. The van der Waals surface area contributed by atoms with Gasteiger partial charge in [-0.25, -0.2) is 4.68 Å². The predicted octanol–water partition coefficient (Wildman–Crippen LogP) is 0.930. The second-order valence-electron chi connectivity index (χ2n) is 6.18. The Hall–Kier alpha value is -2.90. The normalized spacial score (nSPS) is 18.9. The molecule has 0 aliphatic carbocycles. The van der Waals surface area contributed by atoms with Crippen LogP contribution in [0.1, 0.15) is 44.2 Å². The van der Waals surface area contributed by atoms with Crippen molar-refractivity contribution in [3.05, 3.63) is 35.9 Å². The number of carbonyl (C=O) groups excluding carboxylic acids is 2. The van der Waals surface area contributed by atoms with Gasteiger partial charge >= 0.3 is 0 Å². The number of aliphatic carboxylic acids is 1. The molecule has 0 saturated heterocycles. The molecule has 1 aromatic carbocycles. The van der Waals surface area contributed by atoms with Gasteiger partial charge in [-0.3, -0.25) is 10.1 Å². The van der Waals surface area contributed by atoms with Crippen LogP contribution in [-0.4, -0.2) is 32.7 Å². The van der Waals surface area contributed by atoms with Crippen molar-refractivity contribution >= 4 is 23.8 Å². The first-order valence-corrected chi connectivity index (χ1v) is 8.30. The number of hydrogen-bond acceptors (Lipinski definition) is 6. The fraction of sp³-hybridized carbons (Fsp3) is 0.412. The molecule has 0 bridgehead atoms. The molecule has 1 amide bonds. The highest BCUT2D eigenvalue weighted by atomic mass is 16.4. The van der Waals surface area contributed by atoms with Gasteiger partial charge in [-0.05, 0) is 31.7 Å². The van der Waals surface area contributed by atoms with Gasteiger partial charge in [-0.2, -0.15) is 4.98 Å². The van der Waals surface area contributed by atoms with E-state index >= 15 is 0 Å². The fourth-order valence-corrected chi connectivity index (χ4v) is 2.94. The highest BCUT2D eigenvalue weighted by Gasteiger charge is 2.28. The summed E-state index contributed by atoms with van der Waals surface area (Å²) in [4.78, 5) is 26.6. The molecule has 2 heterocycles. The topological polar surface area (TPSA) is 112 Å². The van der Waals surface area contributed by atoms with Crippen molar-refractivity contribution in [1.29, 1.82) is 0 Å². The monoisotopic (exact) mass is 342 g/mol. The number of benzene rings is 1. The lowest BCUT2D eigenvalue weighted by molar-refractivity contribution is -0.305. The number of amides is 1. The average Bonchev–Trinajstić information content (AvgIpc) is 2.96. The van der Waals surface area contributed by atoms with Gasteiger partial charge in [-0.1, -0.05) is 30.3 Å². The summed E-state index contributed by atoms with van der Waals surface area (Å²) in [5.41, 5.74) is 1.13. The summed E-state index contributed by atoms with van der Waals surface area (Å²) < 4.78 is 1.78. The minimum absolute atomic E-state index is 0.0451. The molecule has 1 aromatic heterocycles. The zero-order chi connectivity index (χ0) is 17.8. The second kappa shape index (κ2) is 7.33. The van der Waals surface area contributed by atoms with Crippen LogP contribution in [0.2, 0.25) is 0 Å². The Morgan fingerprint density at radius 2 is 2.08 bits per heavy atom. The van der Waals surface area contributed by atoms with Gasteiger partial charge < -0.3 is 15.2 Å². The number of nitrogens with one attached hydrogen (secondary N) is 2. The van der Waals surface area contributed by atoms with Crippen molar-refractivity contribution in [2.45, 2.75) is 44.7 Å². The molecule has 0 unspecified atom stereocenters. The Morgan fingerprint density at radius 3 is 2.80 bits per heavy atom. The maximum atomic E-state index is 11.9. The second-order valence-corrected chi connectivity index (χ2v) is 6.18. The molecule has 2 aromatic rings. The lowest BCUT2D eigenvalue weighted by Crippen LogP contribution is -2.31. The first-order chi connectivity index (χ1) is 12.0. The minimum atomic E-state index is -1.16. The summed E-state index contributed by atoms with van der Waals surface area (Å²) >= 11 is 0. The molecule has 0 saturated carbocycles. The SMILES string of the molecule is C[C@H]1C[C@H](c2ccccc2)n2nc(NC(=O)CCCC(=O)[O-])nc2N1. The molecule has 2 atom stereocenters. The molecule has 0 fully saturated rings. The maximum Gasteiger partial charge on any atom is 0.250 e. The van der Waals surface area contributed by atoms with Crippen LogP contribution in [-0.2, 0) is 9.59 Å². The smallest absolute Gasteiger partial charge is 0.250 e. The highest BCUT2D eigenvalue weighted by molar-refractivity contribution is 5.89. The number of hydrogen-bond donors (Lipinski definition) is 2. The standard InChI is InChI=1S/C17H21N5O3/c1-11-10-13(12-6-3-2-4-7-12)22-17(18-11)20-16(21-22)19-14(23)8-5-9-15(24)25/h2-4,6-7,11,13H,5,8-10H2,1H3,(H,24,25)(H2,18,19,20,21,23)/p-1/t11-,13+/m0/s1. The number of anilines is 2. The lowest BCUT2D eigenvalue weighted by atomic mass is 9.99. The van der Waals surface area contributed by atoms with Gasteiger partial charge in [-0.15, -0.1) is 5.10 Å². The first kappa shape index (κ1) is 16.9. The lowest BCUT2D eigenvalue weighted by Gasteiger charge is -2.29. The van der Waals surface area contributed by atoms with Crippen molar-refractivity contribution in [3.8, 4) is 0 Å². The Balaban J connectivity index is 1.73. The number of rotatable bonds is 6. The van der Waals surface area contributed by atoms with Crippen molar-refractivity contribution in [2.24, 2.45) is 0 Å². The third kappa shape index (κ3) is 4.14.